The standard InChI is InChI=1S/C20H29N3O3/c1-13-10-22(17-7-8-21-14(2)18(13)17)15-9-16(12-25-6)23(11-15)19(24)26-20(3,4)5/h7-8,10,15-16H,9,11-12H2,1-6H3/t15-,16+/m0/s1. The zero-order chi connectivity index (χ0) is 19.1. The van der Waals surface area contributed by atoms with Crippen molar-refractivity contribution in [3.05, 3.63) is 29.7 Å². The first-order valence-corrected chi connectivity index (χ1v) is 9.12. The number of aryl methyl sites for hydroxylation is 2. The van der Waals surface area contributed by atoms with Crippen molar-refractivity contribution >= 4 is 17.0 Å². The third-order valence-electron chi connectivity index (χ3n) is 4.90. The van der Waals surface area contributed by atoms with Gasteiger partial charge in [0.1, 0.15) is 5.60 Å². The molecular weight excluding hydrogens is 330 g/mol. The summed E-state index contributed by atoms with van der Waals surface area (Å²) in [5.74, 6) is 0. The largest absolute Gasteiger partial charge is 0.444 e. The fourth-order valence-electron chi connectivity index (χ4n) is 3.89. The van der Waals surface area contributed by atoms with Gasteiger partial charge in [-0.2, -0.15) is 0 Å². The first-order chi connectivity index (χ1) is 12.2. The molecule has 1 fully saturated rings. The van der Waals surface area contributed by atoms with Gasteiger partial charge >= 0.3 is 6.09 Å². The van der Waals surface area contributed by atoms with Crippen LogP contribution in [-0.4, -0.2) is 52.4 Å². The molecule has 2 aromatic heterocycles. The van der Waals surface area contributed by atoms with Crippen LogP contribution in [0.2, 0.25) is 0 Å². The molecule has 0 radical (unpaired) electrons. The van der Waals surface area contributed by atoms with E-state index >= 15 is 0 Å². The number of ether oxygens (including phenoxy) is 2. The van der Waals surface area contributed by atoms with Gasteiger partial charge in [0.15, 0.2) is 0 Å². The predicted octanol–water partition coefficient (Wildman–Crippen LogP) is 3.85. The second-order valence-corrected chi connectivity index (χ2v) is 8.14. The molecule has 1 amide bonds. The van der Waals surface area contributed by atoms with E-state index in [-0.39, 0.29) is 18.2 Å². The van der Waals surface area contributed by atoms with Crippen LogP contribution < -0.4 is 0 Å². The zero-order valence-electron chi connectivity index (χ0n) is 16.6. The Morgan fingerprint density at radius 1 is 1.35 bits per heavy atom. The highest BCUT2D eigenvalue weighted by molar-refractivity contribution is 5.85. The monoisotopic (exact) mass is 359 g/mol. The molecule has 6 nitrogen and oxygen atoms in total. The lowest BCUT2D eigenvalue weighted by Gasteiger charge is -2.28. The highest BCUT2D eigenvalue weighted by Gasteiger charge is 2.38. The molecule has 0 saturated carbocycles. The number of likely N-dealkylation sites (tertiary alicyclic amines) is 1. The number of nitrogens with zero attached hydrogens (tertiary/aromatic N) is 3. The number of pyridine rings is 1. The third kappa shape index (κ3) is 3.56. The van der Waals surface area contributed by atoms with Gasteiger partial charge in [0.05, 0.1) is 24.2 Å². The minimum atomic E-state index is -0.508. The summed E-state index contributed by atoms with van der Waals surface area (Å²) in [4.78, 5) is 18.9. The van der Waals surface area contributed by atoms with E-state index in [9.17, 15) is 4.79 Å². The van der Waals surface area contributed by atoms with Crippen LogP contribution in [0.1, 0.15) is 44.5 Å². The summed E-state index contributed by atoms with van der Waals surface area (Å²) in [5.41, 5.74) is 2.91. The SMILES string of the molecule is COC[C@H]1C[C@H](n2cc(C)c3c(C)nccc32)CN1C(=O)OC(C)(C)C. The average molecular weight is 359 g/mol. The van der Waals surface area contributed by atoms with E-state index in [4.69, 9.17) is 9.47 Å². The van der Waals surface area contributed by atoms with Crippen LogP contribution in [0.3, 0.4) is 0 Å². The van der Waals surface area contributed by atoms with E-state index < -0.39 is 5.60 Å². The first-order valence-electron chi connectivity index (χ1n) is 9.12. The van der Waals surface area contributed by atoms with Crippen molar-refractivity contribution in [1.29, 1.82) is 0 Å². The number of fused-ring (bicyclic) bond motifs is 1. The van der Waals surface area contributed by atoms with Crippen LogP contribution >= 0.6 is 0 Å². The third-order valence-corrected chi connectivity index (χ3v) is 4.90. The van der Waals surface area contributed by atoms with E-state index in [1.54, 1.807) is 7.11 Å². The van der Waals surface area contributed by atoms with Gasteiger partial charge in [0, 0.05) is 37.1 Å². The molecule has 1 saturated heterocycles. The number of aromatic nitrogens is 2. The van der Waals surface area contributed by atoms with E-state index in [0.29, 0.717) is 13.2 Å². The predicted molar refractivity (Wildman–Crippen MR) is 101 cm³/mol. The second kappa shape index (κ2) is 6.91. The molecule has 3 rings (SSSR count). The molecule has 1 aliphatic rings. The summed E-state index contributed by atoms with van der Waals surface area (Å²) < 4.78 is 13.3. The Kier molecular flexibility index (Phi) is 4.97. The summed E-state index contributed by atoms with van der Waals surface area (Å²) in [7, 11) is 1.67. The van der Waals surface area contributed by atoms with Gasteiger partial charge in [-0.1, -0.05) is 0 Å². The molecule has 0 spiro atoms. The molecule has 0 aliphatic carbocycles. The minimum absolute atomic E-state index is 0.0144. The maximum atomic E-state index is 12.7. The van der Waals surface area contributed by atoms with Gasteiger partial charge in [-0.25, -0.2) is 4.79 Å². The van der Waals surface area contributed by atoms with Crippen molar-refractivity contribution in [3.8, 4) is 0 Å². The molecule has 0 aromatic carbocycles. The van der Waals surface area contributed by atoms with Crippen LogP contribution in [0.4, 0.5) is 4.79 Å². The lowest BCUT2D eigenvalue weighted by molar-refractivity contribution is 0.0146. The van der Waals surface area contributed by atoms with Crippen molar-refractivity contribution in [2.45, 2.75) is 58.7 Å². The number of rotatable bonds is 3. The highest BCUT2D eigenvalue weighted by atomic mass is 16.6. The number of carbonyl (C=O) groups excluding carboxylic acids is 1. The molecular formula is C20H29N3O3. The fraction of sp³-hybridized carbons (Fsp3) is 0.600. The van der Waals surface area contributed by atoms with Crippen molar-refractivity contribution in [2.75, 3.05) is 20.3 Å². The van der Waals surface area contributed by atoms with Crippen LogP contribution in [0.5, 0.6) is 0 Å². The minimum Gasteiger partial charge on any atom is -0.444 e. The number of hydrogen-bond acceptors (Lipinski definition) is 4. The molecule has 26 heavy (non-hydrogen) atoms. The first kappa shape index (κ1) is 18.7. The molecule has 6 heteroatoms. The van der Waals surface area contributed by atoms with Gasteiger partial charge in [-0.05, 0) is 52.7 Å². The Hall–Kier alpha value is -2.08. The normalized spacial score (nSPS) is 20.8. The quantitative estimate of drug-likeness (QED) is 0.835. The van der Waals surface area contributed by atoms with Crippen LogP contribution in [0.15, 0.2) is 18.5 Å². The van der Waals surface area contributed by atoms with E-state index in [1.807, 2.05) is 38.8 Å². The van der Waals surface area contributed by atoms with Gasteiger partial charge in [-0.15, -0.1) is 0 Å². The van der Waals surface area contributed by atoms with E-state index in [0.717, 1.165) is 12.1 Å². The molecule has 2 aromatic rings. The Balaban J connectivity index is 1.91. The van der Waals surface area contributed by atoms with Crippen molar-refractivity contribution in [2.24, 2.45) is 0 Å². The number of methoxy groups -OCH3 is 1. The molecule has 0 unspecified atom stereocenters. The van der Waals surface area contributed by atoms with Crippen molar-refractivity contribution in [3.63, 3.8) is 0 Å². The zero-order valence-corrected chi connectivity index (χ0v) is 16.6. The highest BCUT2D eigenvalue weighted by Crippen LogP contribution is 2.34. The second-order valence-electron chi connectivity index (χ2n) is 8.14. The Morgan fingerprint density at radius 3 is 2.73 bits per heavy atom. The number of carbonyl (C=O) groups is 1. The van der Waals surface area contributed by atoms with Crippen molar-refractivity contribution < 1.29 is 14.3 Å². The summed E-state index contributed by atoms with van der Waals surface area (Å²) in [5, 5.41) is 1.20. The smallest absolute Gasteiger partial charge is 0.410 e. The summed E-state index contributed by atoms with van der Waals surface area (Å²) in [6.07, 6.45) is 4.60. The molecule has 0 N–H and O–H groups in total. The Bertz CT molecular complexity index is 806. The van der Waals surface area contributed by atoms with Crippen LogP contribution in [-0.2, 0) is 9.47 Å². The van der Waals surface area contributed by atoms with Crippen molar-refractivity contribution in [1.82, 2.24) is 14.5 Å². The maximum absolute atomic E-state index is 12.7. The summed E-state index contributed by atoms with van der Waals surface area (Å²) >= 11 is 0. The van der Waals surface area contributed by atoms with Gasteiger partial charge < -0.3 is 18.9 Å². The van der Waals surface area contributed by atoms with E-state index in [1.165, 1.54) is 16.5 Å². The molecule has 2 atom stereocenters. The van der Waals surface area contributed by atoms with Crippen LogP contribution in [0.25, 0.3) is 10.9 Å². The Labute approximate surface area is 155 Å². The van der Waals surface area contributed by atoms with Gasteiger partial charge in [0.2, 0.25) is 0 Å². The average Bonchev–Trinajstić information content (AvgIpc) is 3.08. The number of hydrogen-bond donors (Lipinski definition) is 0. The molecule has 0 bridgehead atoms. The van der Waals surface area contributed by atoms with Gasteiger partial charge in [0.25, 0.3) is 0 Å². The van der Waals surface area contributed by atoms with Gasteiger partial charge in [-0.3, -0.25) is 4.98 Å². The number of amides is 1. The molecule has 3 heterocycles. The maximum Gasteiger partial charge on any atom is 0.410 e. The molecule has 142 valence electrons. The summed E-state index contributed by atoms with van der Waals surface area (Å²) in [6.45, 7) is 10.9. The fourth-order valence-corrected chi connectivity index (χ4v) is 3.89. The molecule has 1 aliphatic heterocycles. The Morgan fingerprint density at radius 2 is 2.08 bits per heavy atom. The van der Waals surface area contributed by atoms with E-state index in [2.05, 4.69) is 28.7 Å². The lowest BCUT2D eigenvalue weighted by atomic mass is 10.1. The topological polar surface area (TPSA) is 56.6 Å². The summed E-state index contributed by atoms with van der Waals surface area (Å²) in [6, 6.07) is 2.26. The lowest BCUT2D eigenvalue weighted by Crippen LogP contribution is -2.41. The van der Waals surface area contributed by atoms with Crippen LogP contribution in [0, 0.1) is 13.8 Å².